The lowest BCUT2D eigenvalue weighted by molar-refractivity contribution is 0.146. The van der Waals surface area contributed by atoms with Crippen LogP contribution >= 0.6 is 11.8 Å². The molecule has 0 aromatic heterocycles. The fourth-order valence-electron chi connectivity index (χ4n) is 3.73. The van der Waals surface area contributed by atoms with Crippen LogP contribution in [0.3, 0.4) is 0 Å². The monoisotopic (exact) mass is 320 g/mol. The molecule has 120 valence electrons. The summed E-state index contributed by atoms with van der Waals surface area (Å²) in [4.78, 5) is 2.72. The Morgan fingerprint density at radius 3 is 2.86 bits per heavy atom. The maximum Gasteiger partial charge on any atom is 0.231 e. The van der Waals surface area contributed by atoms with Crippen LogP contribution in [0.2, 0.25) is 0 Å². The van der Waals surface area contributed by atoms with Crippen LogP contribution in [-0.2, 0) is 0 Å². The van der Waals surface area contributed by atoms with Crippen molar-refractivity contribution >= 4 is 17.4 Å². The van der Waals surface area contributed by atoms with Gasteiger partial charge >= 0.3 is 0 Å². The molecule has 0 saturated carbocycles. The van der Waals surface area contributed by atoms with E-state index in [-0.39, 0.29) is 0 Å². The Morgan fingerprint density at radius 1 is 1.09 bits per heavy atom. The van der Waals surface area contributed by atoms with Crippen LogP contribution in [0.25, 0.3) is 0 Å². The molecule has 1 atom stereocenters. The van der Waals surface area contributed by atoms with Gasteiger partial charge in [0.2, 0.25) is 6.79 Å². The third kappa shape index (κ3) is 3.15. The highest BCUT2D eigenvalue weighted by atomic mass is 32.2. The minimum Gasteiger partial charge on any atom is -0.454 e. The maximum atomic E-state index is 5.47. The van der Waals surface area contributed by atoms with E-state index in [1.165, 1.54) is 50.3 Å². The molecule has 4 rings (SSSR count). The molecule has 0 aliphatic carbocycles. The fraction of sp³-hybridized carbons (Fsp3) is 0.647. The van der Waals surface area contributed by atoms with Crippen molar-refractivity contribution in [3.05, 3.63) is 18.2 Å². The van der Waals surface area contributed by atoms with Crippen molar-refractivity contribution in [1.29, 1.82) is 0 Å². The van der Waals surface area contributed by atoms with E-state index in [1.54, 1.807) is 0 Å². The predicted molar refractivity (Wildman–Crippen MR) is 91.1 cm³/mol. The van der Waals surface area contributed by atoms with E-state index in [0.29, 0.717) is 12.8 Å². The molecule has 0 amide bonds. The molecule has 0 spiro atoms. The molecule has 22 heavy (non-hydrogen) atoms. The number of hydrogen-bond acceptors (Lipinski definition) is 5. The SMILES string of the molecule is c1cc2c(cc1NC1CCCN(C3CCSCC3)C1)OCO2. The quantitative estimate of drug-likeness (QED) is 0.925. The maximum absolute atomic E-state index is 5.47. The Kier molecular flexibility index (Phi) is 4.35. The smallest absolute Gasteiger partial charge is 0.231 e. The summed E-state index contributed by atoms with van der Waals surface area (Å²) >= 11 is 2.11. The van der Waals surface area contributed by atoms with Crippen molar-refractivity contribution in [2.75, 3.05) is 36.7 Å². The third-order valence-electron chi connectivity index (χ3n) is 4.90. The zero-order valence-electron chi connectivity index (χ0n) is 12.9. The standard InChI is InChI=1S/C17H24N2O2S/c1-2-14(11-19(7-1)15-5-8-22-9-6-15)18-13-3-4-16-17(10-13)21-12-20-16/h3-4,10,14-15,18H,1-2,5-9,11-12H2. The van der Waals surface area contributed by atoms with Crippen LogP contribution in [0, 0.1) is 0 Å². The number of fused-ring (bicyclic) bond motifs is 1. The van der Waals surface area contributed by atoms with E-state index in [0.717, 1.165) is 23.2 Å². The molecule has 1 N–H and O–H groups in total. The minimum absolute atomic E-state index is 0.343. The van der Waals surface area contributed by atoms with E-state index >= 15 is 0 Å². The van der Waals surface area contributed by atoms with Crippen molar-refractivity contribution < 1.29 is 9.47 Å². The molecule has 3 aliphatic rings. The Morgan fingerprint density at radius 2 is 1.95 bits per heavy atom. The largest absolute Gasteiger partial charge is 0.454 e. The lowest BCUT2D eigenvalue weighted by Gasteiger charge is -2.40. The van der Waals surface area contributed by atoms with Crippen LogP contribution in [0.15, 0.2) is 18.2 Å². The predicted octanol–water partition coefficient (Wildman–Crippen LogP) is 3.19. The number of likely N-dealkylation sites (tertiary alicyclic amines) is 1. The number of benzene rings is 1. The molecule has 1 aromatic rings. The van der Waals surface area contributed by atoms with Crippen molar-refractivity contribution in [3.63, 3.8) is 0 Å². The van der Waals surface area contributed by atoms with Crippen molar-refractivity contribution in [2.24, 2.45) is 0 Å². The molecule has 0 radical (unpaired) electrons. The zero-order valence-corrected chi connectivity index (χ0v) is 13.7. The molecular weight excluding hydrogens is 296 g/mol. The third-order valence-corrected chi connectivity index (χ3v) is 5.95. The van der Waals surface area contributed by atoms with Crippen molar-refractivity contribution in [3.8, 4) is 11.5 Å². The van der Waals surface area contributed by atoms with Gasteiger partial charge in [-0.15, -0.1) is 0 Å². The van der Waals surface area contributed by atoms with Gasteiger partial charge in [-0.2, -0.15) is 11.8 Å². The summed E-state index contributed by atoms with van der Waals surface area (Å²) in [5.41, 5.74) is 1.15. The highest BCUT2D eigenvalue weighted by Gasteiger charge is 2.27. The molecule has 2 fully saturated rings. The first-order valence-corrected chi connectivity index (χ1v) is 9.52. The molecule has 5 heteroatoms. The highest BCUT2D eigenvalue weighted by molar-refractivity contribution is 7.99. The molecule has 3 aliphatic heterocycles. The Bertz CT molecular complexity index is 519. The van der Waals surface area contributed by atoms with Gasteiger partial charge in [-0.1, -0.05) is 0 Å². The molecule has 1 unspecified atom stereocenters. The average molecular weight is 320 g/mol. The second-order valence-corrected chi connectivity index (χ2v) is 7.61. The molecule has 2 saturated heterocycles. The zero-order chi connectivity index (χ0) is 14.8. The van der Waals surface area contributed by atoms with E-state index in [1.807, 2.05) is 6.07 Å². The van der Waals surface area contributed by atoms with Gasteiger partial charge in [0.15, 0.2) is 11.5 Å². The van der Waals surface area contributed by atoms with Crippen LogP contribution < -0.4 is 14.8 Å². The van der Waals surface area contributed by atoms with Gasteiger partial charge in [0.25, 0.3) is 0 Å². The number of piperidine rings is 1. The van der Waals surface area contributed by atoms with Crippen LogP contribution in [0.5, 0.6) is 11.5 Å². The molecular formula is C17H24N2O2S. The summed E-state index contributed by atoms with van der Waals surface area (Å²) in [5, 5.41) is 3.70. The summed E-state index contributed by atoms with van der Waals surface area (Å²) in [5.74, 6) is 4.39. The van der Waals surface area contributed by atoms with Gasteiger partial charge in [-0.25, -0.2) is 0 Å². The summed E-state index contributed by atoms with van der Waals surface area (Å²) in [6.07, 6.45) is 5.28. The lowest BCUT2D eigenvalue weighted by atomic mass is 10.0. The number of rotatable bonds is 3. The first-order chi connectivity index (χ1) is 10.9. The summed E-state index contributed by atoms with van der Waals surface area (Å²) < 4.78 is 10.8. The van der Waals surface area contributed by atoms with E-state index < -0.39 is 0 Å². The summed E-state index contributed by atoms with van der Waals surface area (Å²) in [6.45, 7) is 2.79. The van der Waals surface area contributed by atoms with Crippen molar-refractivity contribution in [1.82, 2.24) is 4.90 Å². The Hall–Kier alpha value is -1.07. The minimum atomic E-state index is 0.343. The van der Waals surface area contributed by atoms with Gasteiger partial charge in [0.05, 0.1) is 0 Å². The number of anilines is 1. The summed E-state index contributed by atoms with van der Waals surface area (Å²) in [6, 6.07) is 7.53. The number of thioether (sulfide) groups is 1. The molecule has 0 bridgehead atoms. The first-order valence-electron chi connectivity index (χ1n) is 8.36. The van der Waals surface area contributed by atoms with E-state index in [2.05, 4.69) is 34.1 Å². The van der Waals surface area contributed by atoms with Gasteiger partial charge < -0.3 is 14.8 Å². The number of nitrogens with one attached hydrogen (secondary N) is 1. The second kappa shape index (κ2) is 6.59. The summed E-state index contributed by atoms with van der Waals surface area (Å²) in [7, 11) is 0. The van der Waals surface area contributed by atoms with Crippen LogP contribution in [-0.4, -0.2) is 48.4 Å². The average Bonchev–Trinajstić information content (AvgIpc) is 3.04. The van der Waals surface area contributed by atoms with Gasteiger partial charge in [0, 0.05) is 30.4 Å². The lowest BCUT2D eigenvalue weighted by Crippen LogP contribution is -2.48. The number of nitrogens with zero attached hydrogens (tertiary/aromatic N) is 1. The van der Waals surface area contributed by atoms with Gasteiger partial charge in [0.1, 0.15) is 0 Å². The van der Waals surface area contributed by atoms with Gasteiger partial charge in [-0.3, -0.25) is 4.90 Å². The van der Waals surface area contributed by atoms with E-state index in [4.69, 9.17) is 9.47 Å². The van der Waals surface area contributed by atoms with Crippen LogP contribution in [0.1, 0.15) is 25.7 Å². The molecule has 1 aromatic carbocycles. The first kappa shape index (κ1) is 14.5. The van der Waals surface area contributed by atoms with Crippen LogP contribution in [0.4, 0.5) is 5.69 Å². The van der Waals surface area contributed by atoms with Crippen molar-refractivity contribution in [2.45, 2.75) is 37.8 Å². The number of ether oxygens (including phenoxy) is 2. The topological polar surface area (TPSA) is 33.7 Å². The fourth-order valence-corrected chi connectivity index (χ4v) is 4.81. The molecule has 3 heterocycles. The Labute approximate surface area is 136 Å². The second-order valence-electron chi connectivity index (χ2n) is 6.39. The van der Waals surface area contributed by atoms with E-state index in [9.17, 15) is 0 Å². The number of hydrogen-bond donors (Lipinski definition) is 1. The molecule has 4 nitrogen and oxygen atoms in total. The normalized spacial score (nSPS) is 26.1. The highest BCUT2D eigenvalue weighted by Crippen LogP contribution is 2.35. The Balaban J connectivity index is 1.38. The van der Waals surface area contributed by atoms with Gasteiger partial charge in [-0.05, 0) is 55.9 Å².